The second kappa shape index (κ2) is 4.47. The van der Waals surface area contributed by atoms with Crippen LogP contribution in [0.2, 0.25) is 0 Å². The molecule has 21 heavy (non-hydrogen) atoms. The number of anilines is 1. The lowest BCUT2D eigenvalue weighted by Gasteiger charge is -2.09. The molecule has 0 saturated heterocycles. The molecule has 0 saturated carbocycles. The number of alkyl halides is 3. The average Bonchev–Trinajstić information content (AvgIpc) is 2.73. The SMILES string of the molecule is Nc1nc2cc(F)ccc2n1-c1ccc(C(F)(F)F)cc1. The summed E-state index contributed by atoms with van der Waals surface area (Å²) in [5.74, 6) is -0.380. The van der Waals surface area contributed by atoms with Gasteiger partial charge >= 0.3 is 6.18 Å². The smallest absolute Gasteiger partial charge is 0.369 e. The van der Waals surface area contributed by atoms with Gasteiger partial charge in [0.1, 0.15) is 5.82 Å². The Hall–Kier alpha value is -2.57. The molecular formula is C14H9F4N3. The third-order valence-corrected chi connectivity index (χ3v) is 3.10. The van der Waals surface area contributed by atoms with E-state index in [4.69, 9.17) is 5.73 Å². The number of nitrogen functional groups attached to an aromatic ring is 1. The molecule has 3 nitrogen and oxygen atoms in total. The first-order valence-electron chi connectivity index (χ1n) is 5.97. The van der Waals surface area contributed by atoms with Gasteiger partial charge in [0, 0.05) is 11.8 Å². The van der Waals surface area contributed by atoms with Crippen molar-refractivity contribution in [3.05, 3.63) is 53.8 Å². The number of fused-ring (bicyclic) bond motifs is 1. The second-order valence-electron chi connectivity index (χ2n) is 4.48. The number of imidazole rings is 1. The van der Waals surface area contributed by atoms with Crippen LogP contribution in [0.4, 0.5) is 23.5 Å². The van der Waals surface area contributed by atoms with Crippen LogP contribution >= 0.6 is 0 Å². The largest absolute Gasteiger partial charge is 0.416 e. The molecule has 0 radical (unpaired) electrons. The van der Waals surface area contributed by atoms with Gasteiger partial charge in [0.15, 0.2) is 0 Å². The predicted molar refractivity (Wildman–Crippen MR) is 70.4 cm³/mol. The van der Waals surface area contributed by atoms with Gasteiger partial charge < -0.3 is 5.73 Å². The highest BCUT2D eigenvalue weighted by atomic mass is 19.4. The molecule has 0 fully saturated rings. The summed E-state index contributed by atoms with van der Waals surface area (Å²) in [5.41, 5.74) is 6.30. The zero-order valence-corrected chi connectivity index (χ0v) is 10.5. The molecule has 7 heteroatoms. The van der Waals surface area contributed by atoms with Crippen molar-refractivity contribution in [3.63, 3.8) is 0 Å². The zero-order chi connectivity index (χ0) is 15.2. The standard InChI is InChI=1S/C14H9F4N3/c15-9-3-6-12-11(7-9)20-13(19)21(12)10-4-1-8(2-5-10)14(16,17)18/h1-7H,(H2,19,20). The van der Waals surface area contributed by atoms with Gasteiger partial charge in [-0.15, -0.1) is 0 Å². The number of hydrogen-bond donors (Lipinski definition) is 1. The number of rotatable bonds is 1. The van der Waals surface area contributed by atoms with E-state index in [9.17, 15) is 17.6 Å². The van der Waals surface area contributed by atoms with E-state index in [-0.39, 0.29) is 5.95 Å². The Morgan fingerprint density at radius 1 is 1.00 bits per heavy atom. The quantitative estimate of drug-likeness (QED) is 0.695. The van der Waals surface area contributed by atoms with Gasteiger partial charge in [-0.05, 0) is 36.4 Å². The molecule has 0 spiro atoms. The number of halogens is 4. The maximum Gasteiger partial charge on any atom is 0.416 e. The number of benzene rings is 2. The highest BCUT2D eigenvalue weighted by Crippen LogP contribution is 2.31. The van der Waals surface area contributed by atoms with Crippen LogP contribution in [0.5, 0.6) is 0 Å². The van der Waals surface area contributed by atoms with Gasteiger partial charge in [0.05, 0.1) is 16.6 Å². The Bertz CT molecular complexity index is 803. The van der Waals surface area contributed by atoms with Crippen LogP contribution in [0.1, 0.15) is 5.56 Å². The van der Waals surface area contributed by atoms with Crippen LogP contribution in [0.3, 0.4) is 0 Å². The lowest BCUT2D eigenvalue weighted by molar-refractivity contribution is -0.137. The van der Waals surface area contributed by atoms with E-state index in [1.165, 1.54) is 34.9 Å². The molecule has 0 bridgehead atoms. The van der Waals surface area contributed by atoms with Gasteiger partial charge in [0.2, 0.25) is 5.95 Å². The summed E-state index contributed by atoms with van der Waals surface area (Å²) in [5, 5.41) is 0. The molecule has 108 valence electrons. The van der Waals surface area contributed by atoms with E-state index in [2.05, 4.69) is 4.98 Å². The Labute approximate surface area is 116 Å². The van der Waals surface area contributed by atoms with E-state index in [1.54, 1.807) is 0 Å². The van der Waals surface area contributed by atoms with Crippen LogP contribution in [0, 0.1) is 5.82 Å². The van der Waals surface area contributed by atoms with Gasteiger partial charge in [-0.2, -0.15) is 13.2 Å². The van der Waals surface area contributed by atoms with Gasteiger partial charge in [-0.25, -0.2) is 9.37 Å². The number of hydrogen-bond acceptors (Lipinski definition) is 2. The molecule has 1 heterocycles. The van der Waals surface area contributed by atoms with Gasteiger partial charge in [-0.1, -0.05) is 0 Å². The summed E-state index contributed by atoms with van der Waals surface area (Å²) in [6.45, 7) is 0. The first-order valence-corrected chi connectivity index (χ1v) is 5.97. The minimum absolute atomic E-state index is 0.0790. The molecular weight excluding hydrogens is 286 g/mol. The lowest BCUT2D eigenvalue weighted by Crippen LogP contribution is -2.06. The fraction of sp³-hybridized carbons (Fsp3) is 0.0714. The van der Waals surface area contributed by atoms with Crippen molar-refractivity contribution in [2.45, 2.75) is 6.18 Å². The summed E-state index contributed by atoms with van der Waals surface area (Å²) in [6, 6.07) is 8.45. The van der Waals surface area contributed by atoms with Crippen molar-refractivity contribution in [2.24, 2.45) is 0 Å². The zero-order valence-electron chi connectivity index (χ0n) is 10.5. The third kappa shape index (κ3) is 2.31. The molecule has 3 aromatic rings. The maximum atomic E-state index is 13.1. The Morgan fingerprint density at radius 2 is 1.67 bits per heavy atom. The fourth-order valence-corrected chi connectivity index (χ4v) is 2.14. The first kappa shape index (κ1) is 13.4. The molecule has 1 aromatic heterocycles. The van der Waals surface area contributed by atoms with Crippen molar-refractivity contribution in [1.29, 1.82) is 0 Å². The van der Waals surface area contributed by atoms with Crippen molar-refractivity contribution in [2.75, 3.05) is 5.73 Å². The molecule has 0 amide bonds. The first-order chi connectivity index (χ1) is 9.86. The van der Waals surface area contributed by atoms with Crippen LogP contribution in [-0.2, 0) is 6.18 Å². The maximum absolute atomic E-state index is 13.1. The van der Waals surface area contributed by atoms with E-state index >= 15 is 0 Å². The lowest BCUT2D eigenvalue weighted by atomic mass is 10.2. The Balaban J connectivity index is 2.14. The van der Waals surface area contributed by atoms with Crippen LogP contribution in [0.25, 0.3) is 16.7 Å². The number of aromatic nitrogens is 2. The average molecular weight is 295 g/mol. The minimum atomic E-state index is -4.40. The summed E-state index contributed by atoms with van der Waals surface area (Å²) < 4.78 is 52.3. The predicted octanol–water partition coefficient (Wildman–Crippen LogP) is 3.77. The van der Waals surface area contributed by atoms with E-state index in [1.807, 2.05) is 0 Å². The molecule has 0 aliphatic rings. The minimum Gasteiger partial charge on any atom is -0.369 e. The van der Waals surface area contributed by atoms with Crippen molar-refractivity contribution >= 4 is 17.0 Å². The van der Waals surface area contributed by atoms with Crippen LogP contribution in [0.15, 0.2) is 42.5 Å². The molecule has 2 N–H and O–H groups in total. The van der Waals surface area contributed by atoms with Crippen molar-refractivity contribution in [1.82, 2.24) is 9.55 Å². The monoisotopic (exact) mass is 295 g/mol. The summed E-state index contributed by atoms with van der Waals surface area (Å²) in [7, 11) is 0. The number of nitrogens with two attached hydrogens (primary N) is 1. The van der Waals surface area contributed by atoms with Crippen LogP contribution in [-0.4, -0.2) is 9.55 Å². The van der Waals surface area contributed by atoms with Gasteiger partial charge in [0.25, 0.3) is 0 Å². The fourth-order valence-electron chi connectivity index (χ4n) is 2.14. The third-order valence-electron chi connectivity index (χ3n) is 3.10. The summed E-state index contributed by atoms with van der Waals surface area (Å²) in [6.07, 6.45) is -4.40. The highest BCUT2D eigenvalue weighted by Gasteiger charge is 2.30. The van der Waals surface area contributed by atoms with E-state index in [0.29, 0.717) is 16.7 Å². The van der Waals surface area contributed by atoms with E-state index in [0.717, 1.165) is 12.1 Å². The molecule has 0 aliphatic carbocycles. The Morgan fingerprint density at radius 3 is 2.29 bits per heavy atom. The second-order valence-corrected chi connectivity index (χ2v) is 4.48. The topological polar surface area (TPSA) is 43.8 Å². The Kier molecular flexibility index (Phi) is 2.86. The van der Waals surface area contributed by atoms with Crippen LogP contribution < -0.4 is 5.73 Å². The molecule has 0 atom stereocenters. The molecule has 2 aromatic carbocycles. The molecule has 0 aliphatic heterocycles. The van der Waals surface area contributed by atoms with Crippen molar-refractivity contribution < 1.29 is 17.6 Å². The highest BCUT2D eigenvalue weighted by molar-refractivity contribution is 5.80. The molecule has 3 rings (SSSR count). The molecule has 0 unspecified atom stereocenters. The normalized spacial score (nSPS) is 12.0. The summed E-state index contributed by atoms with van der Waals surface area (Å²) >= 11 is 0. The van der Waals surface area contributed by atoms with Crippen molar-refractivity contribution in [3.8, 4) is 5.69 Å². The van der Waals surface area contributed by atoms with Gasteiger partial charge in [-0.3, -0.25) is 4.57 Å². The van der Waals surface area contributed by atoms with E-state index < -0.39 is 17.6 Å². The summed E-state index contributed by atoms with van der Waals surface area (Å²) in [4.78, 5) is 4.00. The number of nitrogens with zero attached hydrogens (tertiary/aromatic N) is 2.